The lowest BCUT2D eigenvalue weighted by molar-refractivity contribution is 0.0691. The molecule has 0 bridgehead atoms. The van der Waals surface area contributed by atoms with Gasteiger partial charge in [0.2, 0.25) is 0 Å². The van der Waals surface area contributed by atoms with Crippen LogP contribution in [0.25, 0.3) is 0 Å². The van der Waals surface area contributed by atoms with Gasteiger partial charge in [0.25, 0.3) is 0 Å². The Morgan fingerprint density at radius 2 is 1.75 bits per heavy atom. The summed E-state index contributed by atoms with van der Waals surface area (Å²) in [4.78, 5) is 23.4. The number of carboxylic acid groups (broad SMARTS) is 1. The average Bonchev–Trinajstić information content (AvgIpc) is 2.47. The highest BCUT2D eigenvalue weighted by atomic mass is 16.5. The number of aromatic carboxylic acids is 1. The van der Waals surface area contributed by atoms with Crippen molar-refractivity contribution in [1.29, 1.82) is 0 Å². The zero-order valence-corrected chi connectivity index (χ0v) is 11.0. The topological polar surface area (TPSA) is 63.6 Å². The Balaban J connectivity index is 2.41. The third kappa shape index (κ3) is 2.92. The molecule has 0 amide bonds. The summed E-state index contributed by atoms with van der Waals surface area (Å²) in [7, 11) is 1.48. The fourth-order valence-corrected chi connectivity index (χ4v) is 1.97. The maximum absolute atomic E-state index is 12.3. The van der Waals surface area contributed by atoms with Crippen LogP contribution in [0, 0.1) is 0 Å². The van der Waals surface area contributed by atoms with E-state index < -0.39 is 5.97 Å². The zero-order valence-electron chi connectivity index (χ0n) is 11.0. The number of hydrogen-bond donors (Lipinski definition) is 1. The zero-order chi connectivity index (χ0) is 14.5. The Morgan fingerprint density at radius 3 is 2.35 bits per heavy atom. The molecule has 0 aliphatic rings. The van der Waals surface area contributed by atoms with Crippen LogP contribution in [0.1, 0.15) is 31.8 Å². The Hall–Kier alpha value is -2.46. The number of rotatable bonds is 5. The van der Waals surface area contributed by atoms with Crippen molar-refractivity contribution >= 4 is 11.8 Å². The van der Waals surface area contributed by atoms with Crippen molar-refractivity contribution in [3.8, 4) is 0 Å². The Bertz CT molecular complexity index is 632. The van der Waals surface area contributed by atoms with Gasteiger partial charge in [-0.2, -0.15) is 0 Å². The van der Waals surface area contributed by atoms with Crippen LogP contribution in [-0.4, -0.2) is 24.0 Å². The van der Waals surface area contributed by atoms with Crippen LogP contribution in [0.15, 0.2) is 48.5 Å². The molecule has 0 saturated carbocycles. The molecule has 0 heterocycles. The number of carbonyl (C=O) groups excluding carboxylic acids is 1. The minimum Gasteiger partial charge on any atom is -0.478 e. The van der Waals surface area contributed by atoms with E-state index in [1.807, 2.05) is 6.07 Å². The predicted octanol–water partition coefficient (Wildman–Crippen LogP) is 2.76. The molecule has 0 fully saturated rings. The van der Waals surface area contributed by atoms with E-state index in [1.165, 1.54) is 19.2 Å². The summed E-state index contributed by atoms with van der Waals surface area (Å²) in [5.41, 5.74) is 1.66. The highest BCUT2D eigenvalue weighted by molar-refractivity contribution is 6.09. The van der Waals surface area contributed by atoms with Gasteiger partial charge in [-0.15, -0.1) is 0 Å². The molecule has 0 unspecified atom stereocenters. The Kier molecular flexibility index (Phi) is 4.27. The van der Waals surface area contributed by atoms with Crippen LogP contribution in [0.2, 0.25) is 0 Å². The number of methoxy groups -OCH3 is 1. The normalized spacial score (nSPS) is 10.2. The number of ether oxygens (including phenoxy) is 1. The van der Waals surface area contributed by atoms with Crippen molar-refractivity contribution in [1.82, 2.24) is 0 Å². The smallest absolute Gasteiger partial charge is 0.336 e. The number of benzene rings is 2. The standard InChI is InChI=1S/C16H14O4/c1-20-10-13-9-12(7-8-14(13)16(18)19)15(17)11-5-3-2-4-6-11/h2-9H,10H2,1H3,(H,18,19). The van der Waals surface area contributed by atoms with E-state index in [4.69, 9.17) is 9.84 Å². The van der Waals surface area contributed by atoms with Crippen LogP contribution >= 0.6 is 0 Å². The van der Waals surface area contributed by atoms with E-state index in [2.05, 4.69) is 0 Å². The molecule has 0 spiro atoms. The minimum atomic E-state index is -1.03. The van der Waals surface area contributed by atoms with Gasteiger partial charge in [0.05, 0.1) is 12.2 Å². The average molecular weight is 270 g/mol. The summed E-state index contributed by atoms with van der Waals surface area (Å²) >= 11 is 0. The van der Waals surface area contributed by atoms with Crippen molar-refractivity contribution in [2.45, 2.75) is 6.61 Å². The molecule has 4 heteroatoms. The summed E-state index contributed by atoms with van der Waals surface area (Å²) in [5.74, 6) is -1.17. The third-order valence-electron chi connectivity index (χ3n) is 2.93. The van der Waals surface area contributed by atoms with Crippen LogP contribution < -0.4 is 0 Å². The molecule has 20 heavy (non-hydrogen) atoms. The van der Waals surface area contributed by atoms with Gasteiger partial charge in [-0.1, -0.05) is 36.4 Å². The number of carboxylic acids is 1. The van der Waals surface area contributed by atoms with E-state index in [-0.39, 0.29) is 18.0 Å². The van der Waals surface area contributed by atoms with Crippen LogP contribution in [0.3, 0.4) is 0 Å². The van der Waals surface area contributed by atoms with Crippen molar-refractivity contribution in [2.24, 2.45) is 0 Å². The lowest BCUT2D eigenvalue weighted by Crippen LogP contribution is -2.07. The van der Waals surface area contributed by atoms with Gasteiger partial charge in [0.15, 0.2) is 5.78 Å². The van der Waals surface area contributed by atoms with Crippen molar-refractivity contribution in [3.63, 3.8) is 0 Å². The van der Waals surface area contributed by atoms with E-state index in [0.717, 1.165) is 0 Å². The Morgan fingerprint density at radius 1 is 1.05 bits per heavy atom. The SMILES string of the molecule is COCc1cc(C(=O)c2ccccc2)ccc1C(=O)O. The summed E-state index contributed by atoms with van der Waals surface area (Å²) in [6.07, 6.45) is 0. The predicted molar refractivity (Wildman–Crippen MR) is 74.0 cm³/mol. The largest absolute Gasteiger partial charge is 0.478 e. The highest BCUT2D eigenvalue weighted by Gasteiger charge is 2.14. The monoisotopic (exact) mass is 270 g/mol. The molecule has 0 aliphatic heterocycles. The van der Waals surface area contributed by atoms with Gasteiger partial charge < -0.3 is 9.84 Å². The van der Waals surface area contributed by atoms with Gasteiger partial charge in [-0.05, 0) is 17.7 Å². The summed E-state index contributed by atoms with van der Waals surface area (Å²) in [5, 5.41) is 9.10. The van der Waals surface area contributed by atoms with Crippen LogP contribution in [0.5, 0.6) is 0 Å². The van der Waals surface area contributed by atoms with E-state index in [1.54, 1.807) is 30.3 Å². The summed E-state index contributed by atoms with van der Waals surface area (Å²) in [6.45, 7) is 0.150. The van der Waals surface area contributed by atoms with Gasteiger partial charge in [-0.3, -0.25) is 4.79 Å². The van der Waals surface area contributed by atoms with Gasteiger partial charge in [-0.25, -0.2) is 4.79 Å². The maximum atomic E-state index is 12.3. The van der Waals surface area contributed by atoms with E-state index in [0.29, 0.717) is 16.7 Å². The summed E-state index contributed by atoms with van der Waals surface area (Å²) in [6, 6.07) is 13.4. The Labute approximate surface area is 116 Å². The molecule has 0 saturated heterocycles. The number of hydrogen-bond acceptors (Lipinski definition) is 3. The molecule has 0 radical (unpaired) electrons. The quantitative estimate of drug-likeness (QED) is 0.848. The second-order valence-electron chi connectivity index (χ2n) is 4.31. The molecule has 2 aromatic carbocycles. The minimum absolute atomic E-state index is 0.139. The van der Waals surface area contributed by atoms with Crippen molar-refractivity contribution in [2.75, 3.05) is 7.11 Å². The molecule has 2 aromatic rings. The first-order valence-electron chi connectivity index (χ1n) is 6.08. The molecule has 4 nitrogen and oxygen atoms in total. The molecule has 102 valence electrons. The first-order chi connectivity index (χ1) is 9.63. The van der Waals surface area contributed by atoms with Crippen molar-refractivity contribution < 1.29 is 19.4 Å². The molecular formula is C16H14O4. The third-order valence-corrected chi connectivity index (χ3v) is 2.93. The van der Waals surface area contributed by atoms with Crippen molar-refractivity contribution in [3.05, 3.63) is 70.8 Å². The van der Waals surface area contributed by atoms with E-state index in [9.17, 15) is 9.59 Å². The van der Waals surface area contributed by atoms with Gasteiger partial charge in [0, 0.05) is 18.2 Å². The summed E-state index contributed by atoms with van der Waals surface area (Å²) < 4.78 is 4.98. The molecule has 0 atom stereocenters. The lowest BCUT2D eigenvalue weighted by atomic mass is 9.98. The molecule has 0 aromatic heterocycles. The second kappa shape index (κ2) is 6.12. The number of ketones is 1. The second-order valence-corrected chi connectivity index (χ2v) is 4.31. The molecule has 1 N–H and O–H groups in total. The molecule has 2 rings (SSSR count). The van der Waals surface area contributed by atoms with Crippen LogP contribution in [0.4, 0.5) is 0 Å². The fraction of sp³-hybridized carbons (Fsp3) is 0.125. The fourth-order valence-electron chi connectivity index (χ4n) is 1.97. The molecule has 0 aliphatic carbocycles. The maximum Gasteiger partial charge on any atom is 0.336 e. The van der Waals surface area contributed by atoms with Gasteiger partial charge in [0.1, 0.15) is 0 Å². The first-order valence-corrected chi connectivity index (χ1v) is 6.08. The number of carbonyl (C=O) groups is 2. The first kappa shape index (κ1) is 14.0. The highest BCUT2D eigenvalue weighted by Crippen LogP contribution is 2.16. The van der Waals surface area contributed by atoms with Gasteiger partial charge >= 0.3 is 5.97 Å². The van der Waals surface area contributed by atoms with E-state index >= 15 is 0 Å². The molecular weight excluding hydrogens is 256 g/mol. The lowest BCUT2D eigenvalue weighted by Gasteiger charge is -2.08. The van der Waals surface area contributed by atoms with Crippen LogP contribution in [-0.2, 0) is 11.3 Å².